The van der Waals surface area contributed by atoms with Gasteiger partial charge < -0.3 is 10.2 Å². The molecule has 120 valence electrons. The van der Waals surface area contributed by atoms with E-state index in [9.17, 15) is 4.79 Å². The molecule has 2 heterocycles. The van der Waals surface area contributed by atoms with Gasteiger partial charge in [-0.25, -0.2) is 4.98 Å². The summed E-state index contributed by atoms with van der Waals surface area (Å²) < 4.78 is 0.980. The van der Waals surface area contributed by atoms with Crippen molar-refractivity contribution in [3.8, 4) is 0 Å². The Kier molecular flexibility index (Phi) is 4.96. The molecule has 5 heteroatoms. The monoisotopic (exact) mass is 373 g/mol. The van der Waals surface area contributed by atoms with Crippen LogP contribution in [0.3, 0.4) is 0 Å². The number of nitrogens with zero attached hydrogens (tertiary/aromatic N) is 2. The zero-order chi connectivity index (χ0) is 16.2. The number of nitrogens with one attached hydrogen (secondary N) is 1. The van der Waals surface area contributed by atoms with Gasteiger partial charge in [0.1, 0.15) is 5.82 Å². The maximum Gasteiger partial charge on any atom is 0.257 e. The van der Waals surface area contributed by atoms with Crippen molar-refractivity contribution in [1.82, 2.24) is 4.98 Å². The molecule has 1 aromatic heterocycles. The van der Waals surface area contributed by atoms with Crippen LogP contribution < -0.4 is 10.2 Å². The molecular formula is C18H20BrN3O. The second kappa shape index (κ2) is 7.13. The van der Waals surface area contributed by atoms with E-state index < -0.39 is 0 Å². The van der Waals surface area contributed by atoms with E-state index in [1.165, 1.54) is 19.3 Å². The summed E-state index contributed by atoms with van der Waals surface area (Å²) in [6.07, 6.45) is 5.38. The second-order valence-corrected chi connectivity index (χ2v) is 6.73. The molecule has 0 saturated carbocycles. The third kappa shape index (κ3) is 3.91. The van der Waals surface area contributed by atoms with Gasteiger partial charge in [-0.05, 0) is 56.0 Å². The molecule has 0 bridgehead atoms. The van der Waals surface area contributed by atoms with Gasteiger partial charge in [-0.1, -0.05) is 22.0 Å². The maximum absolute atomic E-state index is 12.3. The average Bonchev–Trinajstić information content (AvgIpc) is 2.59. The summed E-state index contributed by atoms with van der Waals surface area (Å²) in [5, 5.41) is 2.90. The van der Waals surface area contributed by atoms with Gasteiger partial charge in [0.15, 0.2) is 0 Å². The van der Waals surface area contributed by atoms with Crippen molar-refractivity contribution in [3.63, 3.8) is 0 Å². The number of aromatic nitrogens is 1. The number of hydrogen-bond donors (Lipinski definition) is 1. The Balaban J connectivity index is 1.68. The Bertz CT molecular complexity index is 694. The lowest BCUT2D eigenvalue weighted by Gasteiger charge is -2.27. The average molecular weight is 374 g/mol. The minimum atomic E-state index is -0.140. The lowest BCUT2D eigenvalue weighted by Crippen LogP contribution is -2.30. The predicted octanol–water partition coefficient (Wildman–Crippen LogP) is 4.40. The minimum absolute atomic E-state index is 0.140. The molecular weight excluding hydrogens is 354 g/mol. The number of carbonyl (C=O) groups excluding carboxylic acids is 1. The van der Waals surface area contributed by atoms with Crippen molar-refractivity contribution >= 4 is 33.3 Å². The molecule has 4 nitrogen and oxygen atoms in total. The number of hydrogen-bond acceptors (Lipinski definition) is 3. The lowest BCUT2D eigenvalue weighted by molar-refractivity contribution is 0.102. The van der Waals surface area contributed by atoms with Crippen LogP contribution in [0.2, 0.25) is 0 Å². The Hall–Kier alpha value is -1.88. The van der Waals surface area contributed by atoms with Gasteiger partial charge in [-0.2, -0.15) is 0 Å². The summed E-state index contributed by atoms with van der Waals surface area (Å²) in [5.41, 5.74) is 2.48. The molecule has 1 saturated heterocycles. The number of rotatable bonds is 3. The number of benzene rings is 1. The van der Waals surface area contributed by atoms with Crippen molar-refractivity contribution in [1.29, 1.82) is 0 Å². The van der Waals surface area contributed by atoms with Gasteiger partial charge >= 0.3 is 0 Å². The number of halogens is 1. The van der Waals surface area contributed by atoms with E-state index in [2.05, 4.69) is 31.1 Å². The van der Waals surface area contributed by atoms with Crippen LogP contribution in [0.5, 0.6) is 0 Å². The Morgan fingerprint density at radius 1 is 1.17 bits per heavy atom. The van der Waals surface area contributed by atoms with Crippen LogP contribution >= 0.6 is 15.9 Å². The van der Waals surface area contributed by atoms with Gasteiger partial charge in [0, 0.05) is 29.4 Å². The van der Waals surface area contributed by atoms with E-state index in [1.807, 2.05) is 37.3 Å². The first-order valence-electron chi connectivity index (χ1n) is 7.92. The third-order valence-electron chi connectivity index (χ3n) is 4.12. The van der Waals surface area contributed by atoms with Crippen molar-refractivity contribution in [2.75, 3.05) is 23.3 Å². The van der Waals surface area contributed by atoms with Crippen molar-refractivity contribution in [2.45, 2.75) is 26.2 Å². The lowest BCUT2D eigenvalue weighted by atomic mass is 10.1. The standard InChI is InChI=1S/C18H20BrN3O/c1-13-5-7-15(11-16(13)19)21-18(23)14-6-8-17(20-12-14)22-9-3-2-4-10-22/h5-8,11-12H,2-4,9-10H2,1H3,(H,21,23). The molecule has 1 aromatic carbocycles. The molecule has 1 N–H and O–H groups in total. The Morgan fingerprint density at radius 2 is 1.96 bits per heavy atom. The molecule has 0 unspecified atom stereocenters. The summed E-state index contributed by atoms with van der Waals surface area (Å²) >= 11 is 3.48. The molecule has 0 aliphatic carbocycles. The number of anilines is 2. The summed E-state index contributed by atoms with van der Waals surface area (Å²) in [5.74, 6) is 0.817. The van der Waals surface area contributed by atoms with Crippen LogP contribution in [0, 0.1) is 6.92 Å². The van der Waals surface area contributed by atoms with Crippen molar-refractivity contribution in [2.24, 2.45) is 0 Å². The first kappa shape index (κ1) is 16.0. The Labute approximate surface area is 145 Å². The molecule has 2 aromatic rings. The highest BCUT2D eigenvalue weighted by molar-refractivity contribution is 9.10. The van der Waals surface area contributed by atoms with E-state index in [1.54, 1.807) is 6.20 Å². The molecule has 3 rings (SSSR count). The molecule has 1 aliphatic rings. The Morgan fingerprint density at radius 3 is 2.61 bits per heavy atom. The normalized spacial score (nSPS) is 14.6. The van der Waals surface area contributed by atoms with Crippen LogP contribution in [-0.4, -0.2) is 24.0 Å². The molecule has 0 radical (unpaired) electrons. The van der Waals surface area contributed by atoms with E-state index >= 15 is 0 Å². The van der Waals surface area contributed by atoms with Crippen LogP contribution in [0.4, 0.5) is 11.5 Å². The van der Waals surface area contributed by atoms with Crippen LogP contribution in [0.15, 0.2) is 41.0 Å². The van der Waals surface area contributed by atoms with Gasteiger partial charge in [0.05, 0.1) is 5.56 Å². The number of aryl methyl sites for hydroxylation is 1. The highest BCUT2D eigenvalue weighted by Gasteiger charge is 2.13. The van der Waals surface area contributed by atoms with Crippen molar-refractivity contribution < 1.29 is 4.79 Å². The van der Waals surface area contributed by atoms with Gasteiger partial charge in [0.2, 0.25) is 0 Å². The smallest absolute Gasteiger partial charge is 0.257 e. The van der Waals surface area contributed by atoms with Gasteiger partial charge in [-0.15, -0.1) is 0 Å². The largest absolute Gasteiger partial charge is 0.357 e. The first-order chi connectivity index (χ1) is 11.1. The number of amides is 1. The fraction of sp³-hybridized carbons (Fsp3) is 0.333. The predicted molar refractivity (Wildman–Crippen MR) is 97.1 cm³/mol. The maximum atomic E-state index is 12.3. The molecule has 0 atom stereocenters. The van der Waals surface area contributed by atoms with Crippen molar-refractivity contribution in [3.05, 3.63) is 52.1 Å². The third-order valence-corrected chi connectivity index (χ3v) is 4.97. The highest BCUT2D eigenvalue weighted by Crippen LogP contribution is 2.22. The molecule has 0 spiro atoms. The van der Waals surface area contributed by atoms with Crippen LogP contribution in [0.1, 0.15) is 35.2 Å². The summed E-state index contributed by atoms with van der Waals surface area (Å²) in [7, 11) is 0. The topological polar surface area (TPSA) is 45.2 Å². The molecule has 1 aliphatic heterocycles. The second-order valence-electron chi connectivity index (χ2n) is 5.87. The quantitative estimate of drug-likeness (QED) is 0.867. The van der Waals surface area contributed by atoms with Gasteiger partial charge in [0.25, 0.3) is 5.91 Å². The van der Waals surface area contributed by atoms with E-state index in [-0.39, 0.29) is 5.91 Å². The number of pyridine rings is 1. The molecule has 23 heavy (non-hydrogen) atoms. The summed E-state index contributed by atoms with van der Waals surface area (Å²) in [4.78, 5) is 19.1. The van der Waals surface area contributed by atoms with E-state index in [0.717, 1.165) is 34.6 Å². The summed E-state index contributed by atoms with van der Waals surface area (Å²) in [6.45, 7) is 4.12. The fourth-order valence-electron chi connectivity index (χ4n) is 2.70. The number of carbonyl (C=O) groups is 1. The molecule has 1 fully saturated rings. The van der Waals surface area contributed by atoms with Crippen LogP contribution in [0.25, 0.3) is 0 Å². The van der Waals surface area contributed by atoms with E-state index in [0.29, 0.717) is 5.56 Å². The number of piperidine rings is 1. The SMILES string of the molecule is Cc1ccc(NC(=O)c2ccc(N3CCCCC3)nc2)cc1Br. The molecule has 1 amide bonds. The van der Waals surface area contributed by atoms with Gasteiger partial charge in [-0.3, -0.25) is 4.79 Å². The zero-order valence-corrected chi connectivity index (χ0v) is 14.8. The minimum Gasteiger partial charge on any atom is -0.357 e. The van der Waals surface area contributed by atoms with E-state index in [4.69, 9.17) is 0 Å². The summed E-state index contributed by atoms with van der Waals surface area (Å²) in [6, 6.07) is 9.55. The fourth-order valence-corrected chi connectivity index (χ4v) is 3.08. The highest BCUT2D eigenvalue weighted by atomic mass is 79.9. The van der Waals surface area contributed by atoms with Crippen LogP contribution in [-0.2, 0) is 0 Å². The zero-order valence-electron chi connectivity index (χ0n) is 13.2. The first-order valence-corrected chi connectivity index (χ1v) is 8.71.